The lowest BCUT2D eigenvalue weighted by molar-refractivity contribution is -0.128. The maximum absolute atomic E-state index is 14.8. The van der Waals surface area contributed by atoms with Gasteiger partial charge in [0.1, 0.15) is 29.4 Å². The summed E-state index contributed by atoms with van der Waals surface area (Å²) in [7, 11) is 0. The molecule has 3 aromatic rings. The highest BCUT2D eigenvalue weighted by Gasteiger charge is 2.46. The van der Waals surface area contributed by atoms with Gasteiger partial charge in [-0.3, -0.25) is 24.2 Å². The highest BCUT2D eigenvalue weighted by molar-refractivity contribution is 6.10. The predicted molar refractivity (Wildman–Crippen MR) is 148 cm³/mol. The molecule has 1 N–H and O–H groups in total. The second-order valence-corrected chi connectivity index (χ2v) is 10.7. The number of anilines is 2. The molecule has 0 bridgehead atoms. The lowest BCUT2D eigenvalue weighted by Crippen LogP contribution is -2.56. The van der Waals surface area contributed by atoms with Crippen LogP contribution in [0.5, 0.6) is 0 Å². The van der Waals surface area contributed by atoms with Crippen molar-refractivity contribution in [3.8, 4) is 12.1 Å². The molecule has 2 aromatic carbocycles. The smallest absolute Gasteiger partial charge is 0.251 e. The van der Waals surface area contributed by atoms with E-state index in [9.17, 15) is 33.7 Å². The maximum atomic E-state index is 14.8. The summed E-state index contributed by atoms with van der Waals surface area (Å²) < 4.78 is 29.0. The minimum Gasteiger partial charge on any atom is -0.351 e. The zero-order chi connectivity index (χ0) is 30.0. The van der Waals surface area contributed by atoms with Crippen molar-refractivity contribution < 1.29 is 23.2 Å². The maximum Gasteiger partial charge on any atom is 0.251 e. The summed E-state index contributed by atoms with van der Waals surface area (Å²) in [6.45, 7) is 1.44. The molecule has 5 rings (SSSR count). The number of pyridine rings is 1. The van der Waals surface area contributed by atoms with Gasteiger partial charge in [0.2, 0.25) is 11.8 Å². The van der Waals surface area contributed by atoms with E-state index in [0.717, 1.165) is 17.0 Å². The first-order valence-corrected chi connectivity index (χ1v) is 13.4. The van der Waals surface area contributed by atoms with Crippen LogP contribution in [0.2, 0.25) is 0 Å². The van der Waals surface area contributed by atoms with Crippen molar-refractivity contribution >= 4 is 29.2 Å². The Kier molecular flexibility index (Phi) is 7.68. The van der Waals surface area contributed by atoms with Gasteiger partial charge in [-0.1, -0.05) is 30.3 Å². The third-order valence-corrected chi connectivity index (χ3v) is 7.46. The van der Waals surface area contributed by atoms with Gasteiger partial charge in [0.05, 0.1) is 23.3 Å². The first-order chi connectivity index (χ1) is 20.1. The number of aromatic nitrogens is 1. The molecule has 212 valence electrons. The van der Waals surface area contributed by atoms with Crippen molar-refractivity contribution in [1.29, 1.82) is 10.5 Å². The average Bonchev–Trinajstić information content (AvgIpc) is 3.35. The fourth-order valence-corrected chi connectivity index (χ4v) is 5.57. The number of nitrogens with zero attached hydrogens (tertiary/aromatic N) is 5. The number of amides is 3. The number of halogens is 2. The van der Waals surface area contributed by atoms with Crippen molar-refractivity contribution in [1.82, 2.24) is 10.3 Å². The predicted octanol–water partition coefficient (Wildman–Crippen LogP) is 4.24. The molecule has 1 aliphatic carbocycles. The van der Waals surface area contributed by atoms with Gasteiger partial charge in [0.15, 0.2) is 0 Å². The van der Waals surface area contributed by atoms with Crippen LogP contribution in [0, 0.1) is 28.5 Å². The van der Waals surface area contributed by atoms with Crippen LogP contribution in [-0.2, 0) is 14.4 Å². The number of alkyl halides is 1. The van der Waals surface area contributed by atoms with Gasteiger partial charge in [-0.05, 0) is 49.2 Å². The van der Waals surface area contributed by atoms with Crippen LogP contribution in [0.25, 0.3) is 0 Å². The molecule has 0 radical (unpaired) electrons. The van der Waals surface area contributed by atoms with E-state index in [1.807, 2.05) is 12.1 Å². The van der Waals surface area contributed by atoms with Gasteiger partial charge in [0.25, 0.3) is 5.91 Å². The Morgan fingerprint density at radius 2 is 1.81 bits per heavy atom. The van der Waals surface area contributed by atoms with Crippen molar-refractivity contribution in [3.05, 3.63) is 89.4 Å². The topological polar surface area (TPSA) is 130 Å². The van der Waals surface area contributed by atoms with Gasteiger partial charge in [-0.25, -0.2) is 13.8 Å². The van der Waals surface area contributed by atoms with Crippen LogP contribution in [0.3, 0.4) is 0 Å². The van der Waals surface area contributed by atoms with Gasteiger partial charge in [-0.2, -0.15) is 10.5 Å². The van der Waals surface area contributed by atoms with Gasteiger partial charge in [-0.15, -0.1) is 0 Å². The molecule has 9 nitrogen and oxygen atoms in total. The molecular formula is C31H26F2N6O3. The number of rotatable bonds is 7. The summed E-state index contributed by atoms with van der Waals surface area (Å²) >= 11 is 0. The number of nitriles is 2. The zero-order valence-electron chi connectivity index (χ0n) is 22.6. The van der Waals surface area contributed by atoms with Crippen LogP contribution in [0.1, 0.15) is 55.3 Å². The molecule has 1 aliphatic heterocycles. The molecule has 2 aliphatic rings. The van der Waals surface area contributed by atoms with E-state index in [1.165, 1.54) is 36.2 Å². The Balaban J connectivity index is 1.62. The van der Waals surface area contributed by atoms with Crippen LogP contribution in [-0.4, -0.2) is 40.5 Å². The monoisotopic (exact) mass is 568 g/mol. The van der Waals surface area contributed by atoms with Crippen LogP contribution < -0.4 is 15.1 Å². The van der Waals surface area contributed by atoms with Crippen LogP contribution in [0.4, 0.5) is 20.3 Å². The molecule has 2 fully saturated rings. The summed E-state index contributed by atoms with van der Waals surface area (Å²) in [5.74, 6) is -2.47. The van der Waals surface area contributed by atoms with Gasteiger partial charge in [0, 0.05) is 37.2 Å². The fraction of sp³-hybridized carbons (Fsp3) is 0.290. The van der Waals surface area contributed by atoms with E-state index in [2.05, 4.69) is 10.3 Å². The summed E-state index contributed by atoms with van der Waals surface area (Å²) in [4.78, 5) is 48.0. The Morgan fingerprint density at radius 1 is 1.10 bits per heavy atom. The van der Waals surface area contributed by atoms with Gasteiger partial charge >= 0.3 is 0 Å². The summed E-state index contributed by atoms with van der Waals surface area (Å²) in [5, 5.41) is 21.7. The molecule has 3 amide bonds. The van der Waals surface area contributed by atoms with E-state index in [4.69, 9.17) is 0 Å². The van der Waals surface area contributed by atoms with Gasteiger partial charge < -0.3 is 5.32 Å². The molecule has 42 heavy (non-hydrogen) atoms. The number of hydrogen-bond donors (Lipinski definition) is 1. The minimum atomic E-state index is -1.42. The number of benzene rings is 2. The second-order valence-electron chi connectivity index (χ2n) is 10.7. The molecule has 11 heteroatoms. The van der Waals surface area contributed by atoms with E-state index in [-0.39, 0.29) is 48.3 Å². The van der Waals surface area contributed by atoms with E-state index >= 15 is 0 Å². The van der Waals surface area contributed by atoms with E-state index < -0.39 is 47.3 Å². The molecule has 1 unspecified atom stereocenters. The van der Waals surface area contributed by atoms with Crippen molar-refractivity contribution in [2.24, 2.45) is 0 Å². The molecular weight excluding hydrogens is 542 g/mol. The minimum absolute atomic E-state index is 0.00530. The van der Waals surface area contributed by atoms with Crippen molar-refractivity contribution in [3.63, 3.8) is 0 Å². The first kappa shape index (κ1) is 28.4. The summed E-state index contributed by atoms with van der Waals surface area (Å²) in [5.41, 5.74) is -0.954. The Morgan fingerprint density at radius 3 is 2.48 bits per heavy atom. The Labute approximate surface area is 241 Å². The Bertz CT molecular complexity index is 1620. The molecule has 2 heterocycles. The third-order valence-electron chi connectivity index (χ3n) is 7.46. The fourth-order valence-electron chi connectivity index (χ4n) is 5.57. The van der Waals surface area contributed by atoms with Crippen LogP contribution >= 0.6 is 0 Å². The lowest BCUT2D eigenvalue weighted by atomic mass is 9.78. The SMILES string of the molecule is CC1(F)CC(NC(=O)C(c2ccccc2)N(C(=O)[C@@H]2CCC(=O)N2c2cc(C#N)ccn2)c2cc(F)cc(C#N)c2)C1. The van der Waals surface area contributed by atoms with E-state index in [0.29, 0.717) is 5.56 Å². The van der Waals surface area contributed by atoms with E-state index in [1.54, 1.807) is 30.3 Å². The molecule has 1 saturated heterocycles. The highest BCUT2D eigenvalue weighted by atomic mass is 19.1. The quantitative estimate of drug-likeness (QED) is 0.454. The average molecular weight is 569 g/mol. The van der Waals surface area contributed by atoms with Crippen molar-refractivity contribution in [2.45, 2.75) is 56.4 Å². The highest BCUT2D eigenvalue weighted by Crippen LogP contribution is 2.38. The molecule has 1 aromatic heterocycles. The third kappa shape index (κ3) is 5.68. The number of hydrogen-bond acceptors (Lipinski definition) is 6. The number of nitrogens with one attached hydrogen (secondary N) is 1. The lowest BCUT2D eigenvalue weighted by Gasteiger charge is -2.41. The second kappa shape index (κ2) is 11.4. The Hall–Kier alpha value is -5.16. The molecule has 2 atom stereocenters. The summed E-state index contributed by atoms with van der Waals surface area (Å²) in [6.07, 6.45) is 1.60. The largest absolute Gasteiger partial charge is 0.351 e. The molecule has 1 saturated carbocycles. The number of carbonyl (C=O) groups excluding carboxylic acids is 3. The standard InChI is InChI=1S/C31H26F2N6O3/c1-31(33)15-23(16-31)37-29(41)28(21-5-3-2-4-6-21)38(24-12-20(18-35)11-22(32)14-24)30(42)25-7-8-27(40)39(25)26-13-19(17-34)9-10-36-26/h2-6,9-14,23,25,28H,7-8,15-16H2,1H3,(H,37,41)/t23?,25-,28?,31?/m0/s1. The van der Waals surface area contributed by atoms with Crippen LogP contribution in [0.15, 0.2) is 66.9 Å². The number of carbonyl (C=O) groups is 3. The normalized spacial score (nSPS) is 21.9. The zero-order valence-corrected chi connectivity index (χ0v) is 22.6. The first-order valence-electron chi connectivity index (χ1n) is 13.4. The van der Waals surface area contributed by atoms with Crippen molar-refractivity contribution in [2.75, 3.05) is 9.80 Å². The molecule has 0 spiro atoms. The summed E-state index contributed by atoms with van der Waals surface area (Å²) in [6, 6.07) is 15.4.